The Balaban J connectivity index is 1.95. The van der Waals surface area contributed by atoms with E-state index in [-0.39, 0.29) is 11.3 Å². The highest BCUT2D eigenvalue weighted by molar-refractivity contribution is 6.51. The van der Waals surface area contributed by atoms with Crippen LogP contribution in [0.25, 0.3) is 5.76 Å². The molecule has 0 radical (unpaired) electrons. The topological polar surface area (TPSA) is 79.7 Å². The van der Waals surface area contributed by atoms with E-state index in [2.05, 4.69) is 4.98 Å². The van der Waals surface area contributed by atoms with Crippen LogP contribution in [0.15, 0.2) is 66.5 Å². The predicted molar refractivity (Wildman–Crippen MR) is 113 cm³/mol. The Kier molecular flexibility index (Phi) is 5.44. The maximum atomic E-state index is 14.6. The summed E-state index contributed by atoms with van der Waals surface area (Å²) in [6, 6.07) is 9.47. The van der Waals surface area contributed by atoms with Crippen molar-refractivity contribution < 1.29 is 28.2 Å². The van der Waals surface area contributed by atoms with Crippen LogP contribution in [0.4, 0.5) is 14.5 Å². The van der Waals surface area contributed by atoms with Crippen LogP contribution in [-0.4, -0.2) is 28.9 Å². The largest absolute Gasteiger partial charge is 0.507 e. The molecule has 1 atom stereocenters. The molecule has 1 fully saturated rings. The third-order valence-corrected chi connectivity index (χ3v) is 5.30. The van der Waals surface area contributed by atoms with Gasteiger partial charge >= 0.3 is 0 Å². The Bertz CT molecular complexity index is 1260. The minimum Gasteiger partial charge on any atom is -0.507 e. The molecule has 1 aliphatic heterocycles. The zero-order valence-electron chi connectivity index (χ0n) is 17.2. The maximum Gasteiger partial charge on any atom is 0.300 e. The molecule has 2 aromatic carbocycles. The van der Waals surface area contributed by atoms with Gasteiger partial charge in [0.15, 0.2) is 0 Å². The van der Waals surface area contributed by atoms with E-state index < -0.39 is 35.1 Å². The summed E-state index contributed by atoms with van der Waals surface area (Å²) in [5.74, 6) is -3.68. The molecule has 6 nitrogen and oxygen atoms in total. The highest BCUT2D eigenvalue weighted by atomic mass is 19.1. The summed E-state index contributed by atoms with van der Waals surface area (Å²) in [5.41, 5.74) is 0.931. The number of carbonyl (C=O) groups excluding carboxylic acids is 2. The maximum absolute atomic E-state index is 14.6. The number of aliphatic hydroxyl groups is 1. The van der Waals surface area contributed by atoms with Gasteiger partial charge in [-0.2, -0.15) is 0 Å². The van der Waals surface area contributed by atoms with Gasteiger partial charge in [0.1, 0.15) is 23.1 Å². The van der Waals surface area contributed by atoms with Crippen molar-refractivity contribution >= 4 is 23.1 Å². The summed E-state index contributed by atoms with van der Waals surface area (Å²) in [6.07, 6.45) is 2.90. The fourth-order valence-electron chi connectivity index (χ4n) is 3.80. The molecule has 1 aromatic heterocycles. The lowest BCUT2D eigenvalue weighted by atomic mass is 9.95. The average molecular weight is 436 g/mol. The van der Waals surface area contributed by atoms with Crippen molar-refractivity contribution in [1.29, 1.82) is 0 Å². The van der Waals surface area contributed by atoms with Crippen molar-refractivity contribution in [3.05, 3.63) is 94.8 Å². The highest BCUT2D eigenvalue weighted by Gasteiger charge is 2.47. The summed E-state index contributed by atoms with van der Waals surface area (Å²) < 4.78 is 33.3. The first-order valence-electron chi connectivity index (χ1n) is 9.64. The number of methoxy groups -OCH3 is 1. The third kappa shape index (κ3) is 3.49. The Hall–Kier alpha value is -4.07. The van der Waals surface area contributed by atoms with Gasteiger partial charge in [0.25, 0.3) is 11.7 Å². The Morgan fingerprint density at radius 1 is 1.06 bits per heavy atom. The van der Waals surface area contributed by atoms with Crippen LogP contribution in [0.1, 0.15) is 22.7 Å². The second-order valence-corrected chi connectivity index (χ2v) is 7.23. The summed E-state index contributed by atoms with van der Waals surface area (Å²) >= 11 is 0. The van der Waals surface area contributed by atoms with Crippen LogP contribution < -0.4 is 9.64 Å². The van der Waals surface area contributed by atoms with Gasteiger partial charge in [-0.15, -0.1) is 0 Å². The van der Waals surface area contributed by atoms with E-state index in [1.54, 1.807) is 37.3 Å². The second kappa shape index (κ2) is 8.22. The normalized spacial score (nSPS) is 17.6. The van der Waals surface area contributed by atoms with Crippen LogP contribution in [-0.2, 0) is 9.59 Å². The van der Waals surface area contributed by atoms with E-state index >= 15 is 0 Å². The molecule has 0 spiro atoms. The number of halogens is 2. The highest BCUT2D eigenvalue weighted by Crippen LogP contribution is 2.43. The van der Waals surface area contributed by atoms with Crippen molar-refractivity contribution in [3.8, 4) is 5.75 Å². The van der Waals surface area contributed by atoms with Gasteiger partial charge in [0, 0.05) is 24.0 Å². The van der Waals surface area contributed by atoms with Gasteiger partial charge < -0.3 is 9.84 Å². The SMILES string of the molecule is COc1ccc(/C(O)=C2\C(=O)C(=O)N(c3ccc(F)cc3F)C2c2ccncc2)cc1C. The Morgan fingerprint density at radius 3 is 2.41 bits per heavy atom. The number of hydrogen-bond acceptors (Lipinski definition) is 5. The van der Waals surface area contributed by atoms with E-state index in [4.69, 9.17) is 4.74 Å². The molecule has 4 rings (SSSR count). The summed E-state index contributed by atoms with van der Waals surface area (Å²) in [6.45, 7) is 1.77. The standard InChI is InChI=1S/C24H18F2N2O4/c1-13-11-15(3-6-19(13)32-2)22(29)20-21(14-7-9-27-10-8-14)28(24(31)23(20)30)18-5-4-16(25)12-17(18)26/h3-12,21,29H,1-2H3/b22-20+. The monoisotopic (exact) mass is 436 g/mol. The average Bonchev–Trinajstić information content (AvgIpc) is 3.04. The number of carbonyl (C=O) groups is 2. The van der Waals surface area contributed by atoms with Gasteiger partial charge in [-0.3, -0.25) is 19.5 Å². The van der Waals surface area contributed by atoms with Crippen LogP contribution in [0, 0.1) is 18.6 Å². The number of ketones is 1. The fraction of sp³-hybridized carbons (Fsp3) is 0.125. The van der Waals surface area contributed by atoms with Gasteiger partial charge in [-0.1, -0.05) is 0 Å². The number of ether oxygens (including phenoxy) is 1. The summed E-state index contributed by atoms with van der Waals surface area (Å²) in [5, 5.41) is 11.1. The van der Waals surface area contributed by atoms with Crippen LogP contribution in [0.5, 0.6) is 5.75 Å². The molecule has 1 saturated heterocycles. The molecule has 1 amide bonds. The molecule has 162 valence electrons. The van der Waals surface area contributed by atoms with Crippen molar-refractivity contribution in [3.63, 3.8) is 0 Å². The van der Waals surface area contributed by atoms with Gasteiger partial charge in [-0.05, 0) is 60.5 Å². The minimum atomic E-state index is -1.14. The van der Waals surface area contributed by atoms with Crippen molar-refractivity contribution in [2.24, 2.45) is 0 Å². The predicted octanol–water partition coefficient (Wildman–Crippen LogP) is 4.30. The van der Waals surface area contributed by atoms with E-state index in [1.165, 1.54) is 19.5 Å². The van der Waals surface area contributed by atoms with E-state index in [0.717, 1.165) is 17.0 Å². The molecular formula is C24H18F2N2O4. The van der Waals surface area contributed by atoms with Gasteiger partial charge in [0.05, 0.1) is 24.4 Å². The van der Waals surface area contributed by atoms with Crippen molar-refractivity contribution in [2.75, 3.05) is 12.0 Å². The number of rotatable bonds is 4. The fourth-order valence-corrected chi connectivity index (χ4v) is 3.80. The Labute approximate surface area is 182 Å². The van der Waals surface area contributed by atoms with Crippen LogP contribution in [0.3, 0.4) is 0 Å². The molecule has 3 aromatic rings. The van der Waals surface area contributed by atoms with Crippen LogP contribution in [0.2, 0.25) is 0 Å². The molecule has 8 heteroatoms. The number of aromatic nitrogens is 1. The lowest BCUT2D eigenvalue weighted by molar-refractivity contribution is -0.132. The number of amides is 1. The molecule has 1 unspecified atom stereocenters. The first kappa shape index (κ1) is 21.2. The number of nitrogens with zero attached hydrogens (tertiary/aromatic N) is 2. The molecule has 32 heavy (non-hydrogen) atoms. The molecule has 0 aliphatic carbocycles. The summed E-state index contributed by atoms with van der Waals surface area (Å²) in [4.78, 5) is 30.9. The zero-order chi connectivity index (χ0) is 23.0. The quantitative estimate of drug-likeness (QED) is 0.375. The lowest BCUT2D eigenvalue weighted by Gasteiger charge is -2.25. The molecule has 2 heterocycles. The lowest BCUT2D eigenvalue weighted by Crippen LogP contribution is -2.30. The molecule has 1 aliphatic rings. The molecular weight excluding hydrogens is 418 g/mol. The van der Waals surface area contributed by atoms with E-state index in [0.29, 0.717) is 28.5 Å². The first-order valence-corrected chi connectivity index (χ1v) is 9.64. The number of aliphatic hydroxyl groups excluding tert-OH is 1. The van der Waals surface area contributed by atoms with E-state index in [1.807, 2.05) is 0 Å². The number of hydrogen-bond donors (Lipinski definition) is 1. The van der Waals surface area contributed by atoms with Crippen molar-refractivity contribution in [2.45, 2.75) is 13.0 Å². The molecule has 1 N–H and O–H groups in total. The number of benzene rings is 2. The van der Waals surface area contributed by atoms with Crippen molar-refractivity contribution in [1.82, 2.24) is 4.98 Å². The Morgan fingerprint density at radius 2 is 1.78 bits per heavy atom. The van der Waals surface area contributed by atoms with E-state index in [9.17, 15) is 23.5 Å². The first-order chi connectivity index (χ1) is 15.3. The third-order valence-electron chi connectivity index (χ3n) is 5.30. The molecule has 0 bridgehead atoms. The van der Waals surface area contributed by atoms with Gasteiger partial charge in [-0.25, -0.2) is 8.78 Å². The number of anilines is 1. The van der Waals surface area contributed by atoms with Crippen LogP contribution >= 0.6 is 0 Å². The smallest absolute Gasteiger partial charge is 0.300 e. The molecule has 0 saturated carbocycles. The summed E-state index contributed by atoms with van der Waals surface area (Å²) in [7, 11) is 1.51. The minimum absolute atomic E-state index is 0.213. The number of Topliss-reactive ketones (excluding diaryl/α,β-unsaturated/α-hetero) is 1. The van der Waals surface area contributed by atoms with Gasteiger partial charge in [0.2, 0.25) is 0 Å². The number of aryl methyl sites for hydroxylation is 1. The second-order valence-electron chi connectivity index (χ2n) is 7.23. The number of pyridine rings is 1. The zero-order valence-corrected chi connectivity index (χ0v) is 17.2.